The summed E-state index contributed by atoms with van der Waals surface area (Å²) in [6.45, 7) is 7.42. The Kier molecular flexibility index (Phi) is 6.52. The second kappa shape index (κ2) is 7.67. The third-order valence-corrected chi connectivity index (χ3v) is 3.65. The number of unbranched alkanes of at least 4 members (excludes halogenated alkanes) is 1. The third kappa shape index (κ3) is 5.50. The van der Waals surface area contributed by atoms with E-state index in [4.69, 9.17) is 5.11 Å². The molecule has 1 fully saturated rings. The van der Waals surface area contributed by atoms with Crippen LogP contribution in [-0.2, 0) is 4.79 Å². The Hall–Kier alpha value is -0.610. The molecule has 1 saturated heterocycles. The molecule has 1 aliphatic heterocycles. The van der Waals surface area contributed by atoms with Gasteiger partial charge in [-0.3, -0.25) is 4.79 Å². The summed E-state index contributed by atoms with van der Waals surface area (Å²) in [6.07, 6.45) is 3.75. The largest absolute Gasteiger partial charge is 0.481 e. The van der Waals surface area contributed by atoms with Gasteiger partial charge in [0.15, 0.2) is 0 Å². The fraction of sp³-hybridized carbons (Fsp3) is 0.923. The molecule has 0 saturated carbocycles. The van der Waals surface area contributed by atoms with Gasteiger partial charge < -0.3 is 14.9 Å². The highest BCUT2D eigenvalue weighted by Gasteiger charge is 2.19. The Balaban J connectivity index is 2.23. The highest BCUT2D eigenvalue weighted by Crippen LogP contribution is 2.14. The highest BCUT2D eigenvalue weighted by atomic mass is 16.4. The first-order valence-corrected chi connectivity index (χ1v) is 6.77. The van der Waals surface area contributed by atoms with E-state index in [2.05, 4.69) is 23.8 Å². The molecule has 0 bridgehead atoms. The minimum Gasteiger partial charge on any atom is -0.481 e. The molecular weight excluding hydrogens is 216 g/mol. The van der Waals surface area contributed by atoms with E-state index in [-0.39, 0.29) is 5.92 Å². The molecule has 17 heavy (non-hydrogen) atoms. The van der Waals surface area contributed by atoms with Crippen LogP contribution in [0.2, 0.25) is 0 Å². The summed E-state index contributed by atoms with van der Waals surface area (Å²) >= 11 is 0. The maximum atomic E-state index is 11.1. The second-order valence-electron chi connectivity index (χ2n) is 5.11. The summed E-state index contributed by atoms with van der Waals surface area (Å²) in [5.74, 6) is -0.762. The molecule has 1 atom stereocenters. The lowest BCUT2D eigenvalue weighted by Gasteiger charge is -2.32. The number of hydrogen-bond donors (Lipinski definition) is 1. The number of likely N-dealkylation sites (N-methyl/N-ethyl adjacent to an activating group) is 1. The predicted octanol–water partition coefficient (Wildman–Crippen LogP) is 1.51. The van der Waals surface area contributed by atoms with Gasteiger partial charge in [0.05, 0.1) is 5.92 Å². The van der Waals surface area contributed by atoms with Gasteiger partial charge in [0.2, 0.25) is 0 Å². The highest BCUT2D eigenvalue weighted by molar-refractivity contribution is 5.69. The van der Waals surface area contributed by atoms with E-state index >= 15 is 0 Å². The molecule has 4 heteroatoms. The summed E-state index contributed by atoms with van der Waals surface area (Å²) in [5.41, 5.74) is 0. The third-order valence-electron chi connectivity index (χ3n) is 3.65. The number of rotatable bonds is 7. The van der Waals surface area contributed by atoms with Crippen LogP contribution in [0.1, 0.15) is 32.6 Å². The molecule has 100 valence electrons. The Labute approximate surface area is 105 Å². The summed E-state index contributed by atoms with van der Waals surface area (Å²) in [7, 11) is 2.14. The lowest BCUT2D eigenvalue weighted by Crippen LogP contribution is -2.45. The van der Waals surface area contributed by atoms with Gasteiger partial charge in [-0.05, 0) is 26.4 Å². The van der Waals surface area contributed by atoms with Gasteiger partial charge in [-0.15, -0.1) is 0 Å². The van der Waals surface area contributed by atoms with Gasteiger partial charge in [0.1, 0.15) is 0 Å². The number of piperazine rings is 1. The number of nitrogens with zero attached hydrogens (tertiary/aromatic N) is 2. The molecule has 0 amide bonds. The fourth-order valence-corrected chi connectivity index (χ4v) is 2.25. The number of aliphatic carboxylic acids is 1. The Morgan fingerprint density at radius 2 is 1.88 bits per heavy atom. The van der Waals surface area contributed by atoms with Gasteiger partial charge in [0.25, 0.3) is 0 Å². The standard InChI is InChI=1S/C13H26N2O2/c1-3-4-5-12(13(16)17)6-7-15-10-8-14(2)9-11-15/h12H,3-11H2,1-2H3,(H,16,17). The van der Waals surface area contributed by atoms with Crippen molar-refractivity contribution in [1.29, 1.82) is 0 Å². The number of carboxylic acid groups (broad SMARTS) is 1. The Bertz CT molecular complexity index is 225. The normalized spacial score (nSPS) is 20.4. The van der Waals surface area contributed by atoms with Crippen LogP contribution >= 0.6 is 0 Å². The van der Waals surface area contributed by atoms with Crippen LogP contribution in [-0.4, -0.2) is 60.6 Å². The van der Waals surface area contributed by atoms with Crippen LogP contribution in [0, 0.1) is 5.92 Å². The zero-order valence-electron chi connectivity index (χ0n) is 11.2. The monoisotopic (exact) mass is 242 g/mol. The van der Waals surface area contributed by atoms with Crippen LogP contribution in [0.25, 0.3) is 0 Å². The van der Waals surface area contributed by atoms with E-state index < -0.39 is 5.97 Å². The molecule has 1 rings (SSSR count). The van der Waals surface area contributed by atoms with Crippen molar-refractivity contribution in [3.63, 3.8) is 0 Å². The average molecular weight is 242 g/mol. The van der Waals surface area contributed by atoms with Crippen LogP contribution in [0.15, 0.2) is 0 Å². The van der Waals surface area contributed by atoms with Crippen molar-refractivity contribution in [3.05, 3.63) is 0 Å². The lowest BCUT2D eigenvalue weighted by atomic mass is 9.98. The van der Waals surface area contributed by atoms with Gasteiger partial charge in [0, 0.05) is 26.2 Å². The molecule has 0 spiro atoms. The quantitative estimate of drug-likeness (QED) is 0.735. The molecule has 0 aromatic carbocycles. The summed E-state index contributed by atoms with van der Waals surface area (Å²) in [6, 6.07) is 0. The van der Waals surface area contributed by atoms with Crippen molar-refractivity contribution < 1.29 is 9.90 Å². The molecule has 0 aliphatic carbocycles. The van der Waals surface area contributed by atoms with Crippen molar-refractivity contribution in [2.24, 2.45) is 5.92 Å². The Morgan fingerprint density at radius 3 is 2.41 bits per heavy atom. The molecule has 1 unspecified atom stereocenters. The van der Waals surface area contributed by atoms with E-state index in [1.165, 1.54) is 0 Å². The molecule has 4 nitrogen and oxygen atoms in total. The van der Waals surface area contributed by atoms with Crippen molar-refractivity contribution in [1.82, 2.24) is 9.80 Å². The van der Waals surface area contributed by atoms with E-state index in [0.29, 0.717) is 0 Å². The zero-order valence-corrected chi connectivity index (χ0v) is 11.2. The van der Waals surface area contributed by atoms with Gasteiger partial charge >= 0.3 is 5.97 Å². The molecule has 1 aliphatic rings. The van der Waals surface area contributed by atoms with E-state index in [1.54, 1.807) is 0 Å². The van der Waals surface area contributed by atoms with Crippen molar-refractivity contribution in [3.8, 4) is 0 Å². The first kappa shape index (κ1) is 14.5. The first-order valence-electron chi connectivity index (χ1n) is 6.77. The van der Waals surface area contributed by atoms with E-state index in [1.807, 2.05) is 0 Å². The average Bonchev–Trinajstić information content (AvgIpc) is 2.31. The molecule has 1 N–H and O–H groups in total. The van der Waals surface area contributed by atoms with E-state index in [9.17, 15) is 4.79 Å². The van der Waals surface area contributed by atoms with Crippen molar-refractivity contribution in [2.45, 2.75) is 32.6 Å². The summed E-state index contributed by atoms with van der Waals surface area (Å²) in [5, 5.41) is 9.14. The maximum Gasteiger partial charge on any atom is 0.306 e. The van der Waals surface area contributed by atoms with Gasteiger partial charge in [-0.1, -0.05) is 19.8 Å². The van der Waals surface area contributed by atoms with Gasteiger partial charge in [-0.2, -0.15) is 0 Å². The zero-order chi connectivity index (χ0) is 12.7. The van der Waals surface area contributed by atoms with Gasteiger partial charge in [-0.25, -0.2) is 0 Å². The lowest BCUT2D eigenvalue weighted by molar-refractivity contribution is -0.142. The topological polar surface area (TPSA) is 43.8 Å². The van der Waals surface area contributed by atoms with Crippen LogP contribution in [0.3, 0.4) is 0 Å². The first-order chi connectivity index (χ1) is 8.13. The number of carboxylic acids is 1. The Morgan fingerprint density at radius 1 is 1.24 bits per heavy atom. The van der Waals surface area contributed by atoms with Crippen LogP contribution < -0.4 is 0 Å². The number of hydrogen-bond acceptors (Lipinski definition) is 3. The fourth-order valence-electron chi connectivity index (χ4n) is 2.25. The molecule has 0 aromatic heterocycles. The molecular formula is C13H26N2O2. The van der Waals surface area contributed by atoms with Crippen LogP contribution in [0.5, 0.6) is 0 Å². The number of carbonyl (C=O) groups is 1. The smallest absolute Gasteiger partial charge is 0.306 e. The molecule has 0 radical (unpaired) electrons. The minimum absolute atomic E-state index is 0.144. The summed E-state index contributed by atoms with van der Waals surface area (Å²) < 4.78 is 0. The second-order valence-corrected chi connectivity index (χ2v) is 5.11. The van der Waals surface area contributed by atoms with E-state index in [0.717, 1.165) is 58.4 Å². The van der Waals surface area contributed by atoms with Crippen molar-refractivity contribution in [2.75, 3.05) is 39.8 Å². The van der Waals surface area contributed by atoms with Crippen molar-refractivity contribution >= 4 is 5.97 Å². The summed E-state index contributed by atoms with van der Waals surface area (Å²) in [4.78, 5) is 15.8. The minimum atomic E-state index is -0.618. The predicted molar refractivity (Wildman–Crippen MR) is 69.2 cm³/mol. The van der Waals surface area contributed by atoms with Crippen LogP contribution in [0.4, 0.5) is 0 Å². The SMILES string of the molecule is CCCCC(CCN1CCN(C)CC1)C(=O)O. The molecule has 0 aromatic rings. The molecule has 1 heterocycles. The maximum absolute atomic E-state index is 11.1.